The van der Waals surface area contributed by atoms with Crippen molar-refractivity contribution in [2.24, 2.45) is 7.05 Å². The molecule has 2 aromatic rings. The van der Waals surface area contributed by atoms with Crippen molar-refractivity contribution in [2.75, 3.05) is 18.9 Å². The molecule has 0 aliphatic heterocycles. The number of pyridine rings is 1. The maximum absolute atomic E-state index is 12.4. The third kappa shape index (κ3) is 3.72. The van der Waals surface area contributed by atoms with E-state index in [9.17, 15) is 4.79 Å². The number of nitrogens with one attached hydrogen (secondary N) is 1. The SMILES string of the molecule is CCNc1ncc(C(=O)N(C)Cc2cnn(C)c2)cc1Cl. The summed E-state index contributed by atoms with van der Waals surface area (Å²) < 4.78 is 1.71. The van der Waals surface area contributed by atoms with E-state index >= 15 is 0 Å². The smallest absolute Gasteiger partial charge is 0.255 e. The van der Waals surface area contributed by atoms with Crippen molar-refractivity contribution in [3.8, 4) is 0 Å². The van der Waals surface area contributed by atoms with Gasteiger partial charge >= 0.3 is 0 Å². The fourth-order valence-corrected chi connectivity index (χ4v) is 2.21. The second-order valence-electron chi connectivity index (χ2n) is 4.77. The molecule has 0 spiro atoms. The van der Waals surface area contributed by atoms with Crippen LogP contribution in [-0.2, 0) is 13.6 Å². The molecule has 0 aliphatic rings. The molecule has 0 saturated carbocycles. The third-order valence-electron chi connectivity index (χ3n) is 2.96. The lowest BCUT2D eigenvalue weighted by Gasteiger charge is -2.16. The quantitative estimate of drug-likeness (QED) is 0.919. The van der Waals surface area contributed by atoms with E-state index in [1.807, 2.05) is 20.2 Å². The molecule has 21 heavy (non-hydrogen) atoms. The van der Waals surface area contributed by atoms with Gasteiger partial charge in [0.1, 0.15) is 5.82 Å². The van der Waals surface area contributed by atoms with Crippen LogP contribution >= 0.6 is 11.6 Å². The fraction of sp³-hybridized carbons (Fsp3) is 0.357. The molecule has 1 N–H and O–H groups in total. The maximum atomic E-state index is 12.4. The van der Waals surface area contributed by atoms with Gasteiger partial charge in [0.05, 0.1) is 16.8 Å². The third-order valence-corrected chi connectivity index (χ3v) is 3.25. The lowest BCUT2D eigenvalue weighted by atomic mass is 10.2. The van der Waals surface area contributed by atoms with Crippen molar-refractivity contribution in [1.82, 2.24) is 19.7 Å². The first-order chi connectivity index (χ1) is 10.0. The normalized spacial score (nSPS) is 10.5. The summed E-state index contributed by atoms with van der Waals surface area (Å²) in [5.74, 6) is 0.460. The zero-order valence-electron chi connectivity index (χ0n) is 12.3. The van der Waals surface area contributed by atoms with E-state index in [0.717, 1.165) is 12.1 Å². The van der Waals surface area contributed by atoms with E-state index in [4.69, 9.17) is 11.6 Å². The lowest BCUT2D eigenvalue weighted by molar-refractivity contribution is 0.0784. The Hall–Kier alpha value is -2.08. The summed E-state index contributed by atoms with van der Waals surface area (Å²) in [7, 11) is 3.58. The molecular weight excluding hydrogens is 290 g/mol. The highest BCUT2D eigenvalue weighted by Crippen LogP contribution is 2.20. The molecule has 0 aromatic carbocycles. The highest BCUT2D eigenvalue weighted by Gasteiger charge is 2.15. The van der Waals surface area contributed by atoms with Crippen LogP contribution in [0.5, 0.6) is 0 Å². The largest absolute Gasteiger partial charge is 0.369 e. The second kappa shape index (κ2) is 6.58. The van der Waals surface area contributed by atoms with Crippen molar-refractivity contribution in [2.45, 2.75) is 13.5 Å². The van der Waals surface area contributed by atoms with Gasteiger partial charge in [-0.25, -0.2) is 4.98 Å². The van der Waals surface area contributed by atoms with Crippen LogP contribution in [0.2, 0.25) is 5.02 Å². The molecule has 0 bridgehead atoms. The van der Waals surface area contributed by atoms with Crippen molar-refractivity contribution < 1.29 is 4.79 Å². The number of carbonyl (C=O) groups excluding carboxylic acids is 1. The van der Waals surface area contributed by atoms with Gasteiger partial charge in [-0.3, -0.25) is 9.48 Å². The minimum atomic E-state index is -0.128. The topological polar surface area (TPSA) is 63.1 Å². The predicted molar refractivity (Wildman–Crippen MR) is 82.4 cm³/mol. The number of carbonyl (C=O) groups is 1. The van der Waals surface area contributed by atoms with Crippen LogP contribution < -0.4 is 5.32 Å². The molecule has 112 valence electrons. The standard InChI is InChI=1S/C14H18ClN5O/c1-4-16-13-12(15)5-11(7-17-13)14(21)19(2)8-10-6-18-20(3)9-10/h5-7,9H,4,8H2,1-3H3,(H,16,17). The van der Waals surface area contributed by atoms with Gasteiger partial charge < -0.3 is 10.2 Å². The Balaban J connectivity index is 2.10. The highest BCUT2D eigenvalue weighted by molar-refractivity contribution is 6.33. The van der Waals surface area contributed by atoms with Crippen molar-refractivity contribution in [1.29, 1.82) is 0 Å². The predicted octanol–water partition coefficient (Wildman–Crippen LogP) is 2.17. The summed E-state index contributed by atoms with van der Waals surface area (Å²) in [4.78, 5) is 18.1. The number of nitrogens with zero attached hydrogens (tertiary/aromatic N) is 4. The van der Waals surface area contributed by atoms with Crippen LogP contribution in [0.1, 0.15) is 22.8 Å². The van der Waals surface area contributed by atoms with Gasteiger partial charge in [-0.15, -0.1) is 0 Å². The molecule has 2 rings (SSSR count). The van der Waals surface area contributed by atoms with Crippen LogP contribution in [-0.4, -0.2) is 39.2 Å². The minimum absolute atomic E-state index is 0.128. The van der Waals surface area contributed by atoms with E-state index in [-0.39, 0.29) is 5.91 Å². The summed E-state index contributed by atoms with van der Waals surface area (Å²) in [6.45, 7) is 3.17. The summed E-state index contributed by atoms with van der Waals surface area (Å²) in [6, 6.07) is 1.63. The summed E-state index contributed by atoms with van der Waals surface area (Å²) in [5, 5.41) is 7.56. The molecule has 0 radical (unpaired) electrons. The lowest BCUT2D eigenvalue weighted by Crippen LogP contribution is -2.26. The maximum Gasteiger partial charge on any atom is 0.255 e. The van der Waals surface area contributed by atoms with Gasteiger partial charge in [0.15, 0.2) is 0 Å². The molecule has 7 heteroatoms. The van der Waals surface area contributed by atoms with E-state index in [0.29, 0.717) is 22.9 Å². The first-order valence-electron chi connectivity index (χ1n) is 6.63. The minimum Gasteiger partial charge on any atom is -0.369 e. The summed E-state index contributed by atoms with van der Waals surface area (Å²) in [5.41, 5.74) is 1.43. The molecule has 0 unspecified atom stereocenters. The van der Waals surface area contributed by atoms with Gasteiger partial charge in [-0.05, 0) is 13.0 Å². The monoisotopic (exact) mass is 307 g/mol. The highest BCUT2D eigenvalue weighted by atomic mass is 35.5. The van der Waals surface area contributed by atoms with E-state index < -0.39 is 0 Å². The summed E-state index contributed by atoms with van der Waals surface area (Å²) in [6.07, 6.45) is 5.15. The van der Waals surface area contributed by atoms with Crippen molar-refractivity contribution in [3.05, 3.63) is 40.8 Å². The fourth-order valence-electron chi connectivity index (χ4n) is 1.97. The Morgan fingerprint density at radius 2 is 2.24 bits per heavy atom. The van der Waals surface area contributed by atoms with Crippen LogP contribution in [0.4, 0.5) is 5.82 Å². The number of amides is 1. The second-order valence-corrected chi connectivity index (χ2v) is 5.18. The zero-order valence-corrected chi connectivity index (χ0v) is 13.1. The number of halogens is 1. The zero-order chi connectivity index (χ0) is 15.4. The van der Waals surface area contributed by atoms with Crippen LogP contribution in [0.15, 0.2) is 24.7 Å². The number of anilines is 1. The molecule has 0 fully saturated rings. The molecule has 0 saturated heterocycles. The van der Waals surface area contributed by atoms with E-state index in [1.54, 1.807) is 28.9 Å². The molecule has 6 nitrogen and oxygen atoms in total. The molecule has 0 aliphatic carbocycles. The molecular formula is C14H18ClN5O. The Bertz CT molecular complexity index is 640. The molecule has 0 atom stereocenters. The molecule has 1 amide bonds. The van der Waals surface area contributed by atoms with Crippen molar-refractivity contribution in [3.63, 3.8) is 0 Å². The van der Waals surface area contributed by atoms with Crippen LogP contribution in [0.3, 0.4) is 0 Å². The average molecular weight is 308 g/mol. The Kier molecular flexibility index (Phi) is 4.80. The number of hydrogen-bond acceptors (Lipinski definition) is 4. The van der Waals surface area contributed by atoms with Gasteiger partial charge in [-0.1, -0.05) is 11.6 Å². The van der Waals surface area contributed by atoms with Gasteiger partial charge in [0.25, 0.3) is 5.91 Å². The first-order valence-corrected chi connectivity index (χ1v) is 7.01. The average Bonchev–Trinajstić information content (AvgIpc) is 2.85. The Morgan fingerprint density at radius 1 is 1.48 bits per heavy atom. The van der Waals surface area contributed by atoms with Crippen molar-refractivity contribution >= 4 is 23.3 Å². The van der Waals surface area contributed by atoms with E-state index in [2.05, 4.69) is 15.4 Å². The number of hydrogen-bond donors (Lipinski definition) is 1. The van der Waals surface area contributed by atoms with Gasteiger partial charge in [0.2, 0.25) is 0 Å². The Labute approximate surface area is 128 Å². The Morgan fingerprint density at radius 3 is 2.81 bits per heavy atom. The molecule has 2 aromatic heterocycles. The summed E-state index contributed by atoms with van der Waals surface area (Å²) >= 11 is 6.11. The van der Waals surface area contributed by atoms with Crippen LogP contribution in [0.25, 0.3) is 0 Å². The number of rotatable bonds is 5. The number of aromatic nitrogens is 3. The van der Waals surface area contributed by atoms with Gasteiger partial charge in [0, 0.05) is 45.1 Å². The molecule has 2 heterocycles. The van der Waals surface area contributed by atoms with E-state index in [1.165, 1.54) is 6.20 Å². The van der Waals surface area contributed by atoms with Crippen LogP contribution in [0, 0.1) is 0 Å². The number of aryl methyl sites for hydroxylation is 1. The van der Waals surface area contributed by atoms with Gasteiger partial charge in [-0.2, -0.15) is 5.10 Å². The first kappa shape index (κ1) is 15.3.